The second kappa shape index (κ2) is 14.0. The molecule has 0 amide bonds. The first kappa shape index (κ1) is 29.3. The van der Waals surface area contributed by atoms with E-state index in [1.54, 1.807) is 18.6 Å². The zero-order valence-corrected chi connectivity index (χ0v) is 23.9. The molecule has 0 aliphatic heterocycles. The van der Waals surface area contributed by atoms with Crippen molar-refractivity contribution in [1.82, 2.24) is 15.0 Å². The van der Waals surface area contributed by atoms with E-state index in [0.717, 1.165) is 64.7 Å². The molecule has 4 aromatic rings. The Kier molecular flexibility index (Phi) is 11.4. The molecular weight excluding hydrogens is 631 g/mol. The van der Waals surface area contributed by atoms with Crippen LogP contribution in [0.3, 0.4) is 0 Å². The number of carbonyl (C=O) groups excluding carboxylic acids is 1. The normalized spacial score (nSPS) is 11.5. The van der Waals surface area contributed by atoms with E-state index in [1.807, 2.05) is 58.9 Å². The van der Waals surface area contributed by atoms with Gasteiger partial charge in [-0.2, -0.15) is 11.6 Å². The summed E-state index contributed by atoms with van der Waals surface area (Å²) in [4.78, 5) is 24.8. The molecule has 193 valence electrons. The SMILES string of the molecule is CCC(CC)C(=O)/C=C(\O)C(CC)CC.Cc1cc2c(o1)c(-c1[c-]cncc1)nc1cccnc12.[Ir]. The number of nitrogens with zero attached hydrogens (tertiary/aromatic N) is 3. The fraction of sp³-hybridized carbons (Fsp3) is 0.379. The van der Waals surface area contributed by atoms with Gasteiger partial charge < -0.3 is 14.5 Å². The Labute approximate surface area is 226 Å². The van der Waals surface area contributed by atoms with Crippen molar-refractivity contribution in [2.24, 2.45) is 11.8 Å². The molecule has 0 aromatic carbocycles. The monoisotopic (exact) mass is 665 g/mol. The maximum absolute atomic E-state index is 11.7. The van der Waals surface area contributed by atoms with Crippen LogP contribution in [0.25, 0.3) is 33.3 Å². The fourth-order valence-electron chi connectivity index (χ4n) is 4.16. The summed E-state index contributed by atoms with van der Waals surface area (Å²) in [5.41, 5.74) is 4.09. The molecule has 4 heterocycles. The zero-order chi connectivity index (χ0) is 25.4. The summed E-state index contributed by atoms with van der Waals surface area (Å²) in [6.07, 6.45) is 10.0. The van der Waals surface area contributed by atoms with Gasteiger partial charge in [0.1, 0.15) is 11.3 Å². The van der Waals surface area contributed by atoms with Gasteiger partial charge in [-0.15, -0.1) is 6.07 Å². The van der Waals surface area contributed by atoms with Gasteiger partial charge in [0.15, 0.2) is 5.78 Å². The number of rotatable bonds is 8. The van der Waals surface area contributed by atoms with Crippen molar-refractivity contribution in [2.75, 3.05) is 0 Å². The number of aryl methyl sites for hydroxylation is 1. The smallest absolute Gasteiger partial charge is 0.162 e. The molecule has 0 saturated heterocycles. The number of carbonyl (C=O) groups is 1. The molecule has 1 radical (unpaired) electrons. The van der Waals surface area contributed by atoms with Gasteiger partial charge >= 0.3 is 0 Å². The van der Waals surface area contributed by atoms with Crippen LogP contribution in [0.5, 0.6) is 0 Å². The van der Waals surface area contributed by atoms with E-state index >= 15 is 0 Å². The minimum atomic E-state index is 0. The van der Waals surface area contributed by atoms with Crippen LogP contribution in [0.1, 0.15) is 59.1 Å². The van der Waals surface area contributed by atoms with Crippen LogP contribution in [0.4, 0.5) is 0 Å². The van der Waals surface area contributed by atoms with Crippen molar-refractivity contribution in [2.45, 2.75) is 60.3 Å². The average Bonchev–Trinajstić information content (AvgIpc) is 3.27. The third-order valence-electron chi connectivity index (χ3n) is 6.30. The van der Waals surface area contributed by atoms with Crippen LogP contribution in [0.2, 0.25) is 0 Å². The number of hydrogen-bond donors (Lipinski definition) is 1. The van der Waals surface area contributed by atoms with E-state index < -0.39 is 0 Å². The summed E-state index contributed by atoms with van der Waals surface area (Å²) in [7, 11) is 0. The van der Waals surface area contributed by atoms with Crippen molar-refractivity contribution >= 4 is 27.8 Å². The average molecular weight is 665 g/mol. The summed E-state index contributed by atoms with van der Waals surface area (Å²) in [6, 6.07) is 10.8. The van der Waals surface area contributed by atoms with E-state index in [9.17, 15) is 9.90 Å². The van der Waals surface area contributed by atoms with Crippen LogP contribution in [-0.2, 0) is 24.9 Å². The molecule has 0 atom stereocenters. The summed E-state index contributed by atoms with van der Waals surface area (Å²) in [5, 5.41) is 10.7. The maximum atomic E-state index is 11.7. The number of hydrogen-bond acceptors (Lipinski definition) is 6. The number of aliphatic hydroxyl groups excluding tert-OH is 1. The third-order valence-corrected chi connectivity index (χ3v) is 6.30. The van der Waals surface area contributed by atoms with Gasteiger partial charge in [0.25, 0.3) is 0 Å². The first-order valence-electron chi connectivity index (χ1n) is 12.3. The molecule has 0 saturated carbocycles. The van der Waals surface area contributed by atoms with Gasteiger partial charge in [-0.25, -0.2) is 0 Å². The van der Waals surface area contributed by atoms with Gasteiger partial charge in [-0.05, 0) is 63.2 Å². The van der Waals surface area contributed by atoms with Crippen LogP contribution in [0.15, 0.2) is 59.1 Å². The first-order valence-corrected chi connectivity index (χ1v) is 12.3. The zero-order valence-electron chi connectivity index (χ0n) is 21.5. The predicted molar refractivity (Wildman–Crippen MR) is 140 cm³/mol. The predicted octanol–water partition coefficient (Wildman–Crippen LogP) is 7.41. The largest absolute Gasteiger partial charge is 0.512 e. The third kappa shape index (κ3) is 6.86. The van der Waals surface area contributed by atoms with Crippen molar-refractivity contribution < 1.29 is 34.4 Å². The second-order valence-corrected chi connectivity index (χ2v) is 8.58. The topological polar surface area (TPSA) is 89.1 Å². The van der Waals surface area contributed by atoms with E-state index in [1.165, 1.54) is 6.08 Å². The molecule has 36 heavy (non-hydrogen) atoms. The summed E-state index contributed by atoms with van der Waals surface area (Å²) in [5.74, 6) is 1.39. The second-order valence-electron chi connectivity index (χ2n) is 8.58. The van der Waals surface area contributed by atoms with Gasteiger partial charge in [0.05, 0.1) is 16.8 Å². The Bertz CT molecular complexity index is 1290. The van der Waals surface area contributed by atoms with Crippen LogP contribution < -0.4 is 0 Å². The van der Waals surface area contributed by atoms with Gasteiger partial charge in [-0.3, -0.25) is 14.8 Å². The molecular formula is C29H34IrN3O3-. The summed E-state index contributed by atoms with van der Waals surface area (Å²) < 4.78 is 5.82. The molecule has 0 fully saturated rings. The van der Waals surface area contributed by atoms with Gasteiger partial charge in [-0.1, -0.05) is 27.7 Å². The Morgan fingerprint density at radius 2 is 1.78 bits per heavy atom. The minimum absolute atomic E-state index is 0. The van der Waals surface area contributed by atoms with Crippen molar-refractivity contribution in [3.05, 3.63) is 66.5 Å². The number of fused-ring (bicyclic) bond motifs is 3. The molecule has 7 heteroatoms. The van der Waals surface area contributed by atoms with Crippen molar-refractivity contribution in [3.63, 3.8) is 0 Å². The number of pyridine rings is 3. The number of ketones is 1. The van der Waals surface area contributed by atoms with Crippen molar-refractivity contribution in [1.29, 1.82) is 0 Å². The molecule has 4 rings (SSSR count). The number of aromatic nitrogens is 3. The molecule has 0 bridgehead atoms. The van der Waals surface area contributed by atoms with Gasteiger partial charge in [0, 0.05) is 55.3 Å². The standard InChI is InChI=1S/C16H10N3O.C13H24O2.Ir/c1-10-9-12-15-13(3-2-6-18-15)19-14(16(12)20-10)11-4-7-17-8-5-11;1-5-10(6-2)12(14)9-13(15)11(7-3)8-4;/h2-4,6-9H,1H3;9-11,14H,5-8H2,1-4H3;/q-1;;/b;12-9-;. The fourth-order valence-corrected chi connectivity index (χ4v) is 4.16. The first-order chi connectivity index (χ1) is 16.9. The van der Waals surface area contributed by atoms with Gasteiger partial charge in [0.2, 0.25) is 0 Å². The molecule has 4 aromatic heterocycles. The molecule has 0 unspecified atom stereocenters. The number of allylic oxidation sites excluding steroid dienone is 2. The molecule has 0 aliphatic rings. The maximum Gasteiger partial charge on any atom is 0.162 e. The quantitative estimate of drug-likeness (QED) is 0.120. The van der Waals surface area contributed by atoms with Crippen LogP contribution in [0, 0.1) is 24.8 Å². The molecule has 1 N–H and O–H groups in total. The van der Waals surface area contributed by atoms with E-state index in [0.29, 0.717) is 0 Å². The van der Waals surface area contributed by atoms with Crippen LogP contribution in [-0.4, -0.2) is 25.8 Å². The molecule has 0 spiro atoms. The Hall–Kier alpha value is -2.89. The summed E-state index contributed by atoms with van der Waals surface area (Å²) >= 11 is 0. The van der Waals surface area contributed by atoms with E-state index in [4.69, 9.17) is 4.42 Å². The Morgan fingerprint density at radius 3 is 2.39 bits per heavy atom. The van der Waals surface area contributed by atoms with Crippen molar-refractivity contribution in [3.8, 4) is 11.3 Å². The van der Waals surface area contributed by atoms with E-state index in [-0.39, 0.29) is 43.5 Å². The number of furan rings is 1. The summed E-state index contributed by atoms with van der Waals surface area (Å²) in [6.45, 7) is 10.00. The van der Waals surface area contributed by atoms with Crippen LogP contribution >= 0.6 is 0 Å². The van der Waals surface area contributed by atoms with E-state index in [2.05, 4.69) is 21.0 Å². The number of aliphatic hydroxyl groups is 1. The Balaban J connectivity index is 0.000000260. The Morgan fingerprint density at radius 1 is 1.08 bits per heavy atom. The molecule has 0 aliphatic carbocycles. The molecule has 6 nitrogen and oxygen atoms in total. The minimum Gasteiger partial charge on any atom is -0.512 e.